The average Bonchev–Trinajstić information content (AvgIpc) is 2.54. The van der Waals surface area contributed by atoms with Gasteiger partial charge in [0.15, 0.2) is 0 Å². The van der Waals surface area contributed by atoms with Gasteiger partial charge in [-0.2, -0.15) is 10.2 Å². The minimum atomic E-state index is -0.328. The third kappa shape index (κ3) is 4.15. The Hall–Kier alpha value is -2.69. The molecule has 5 nitrogen and oxygen atoms in total. The highest BCUT2D eigenvalue weighted by Crippen LogP contribution is 2.21. The Morgan fingerprint density at radius 3 is 1.91 bits per heavy atom. The maximum Gasteiger partial charge on any atom is 0.338 e. The number of hydrogen-bond donors (Lipinski definition) is 0. The van der Waals surface area contributed by atoms with Gasteiger partial charge in [0.2, 0.25) is 0 Å². The van der Waals surface area contributed by atoms with Gasteiger partial charge in [0.1, 0.15) is 0 Å². The lowest BCUT2D eigenvalue weighted by molar-refractivity contribution is 0.0526. The van der Waals surface area contributed by atoms with E-state index in [2.05, 4.69) is 10.2 Å². The van der Waals surface area contributed by atoms with Crippen LogP contribution in [0.1, 0.15) is 17.3 Å². The Morgan fingerprint density at radius 2 is 1.45 bits per heavy atom. The van der Waals surface area contributed by atoms with Crippen molar-refractivity contribution in [2.45, 2.75) is 6.92 Å². The summed E-state index contributed by atoms with van der Waals surface area (Å²) in [7, 11) is 3.98. The molecule has 0 saturated heterocycles. The molecule has 0 saturated carbocycles. The number of carbonyl (C=O) groups excluding carboxylic acids is 1. The van der Waals surface area contributed by atoms with E-state index in [0.29, 0.717) is 17.9 Å². The average molecular weight is 297 g/mol. The summed E-state index contributed by atoms with van der Waals surface area (Å²) in [5.41, 5.74) is 3.08. The van der Waals surface area contributed by atoms with E-state index in [0.717, 1.165) is 11.4 Å². The van der Waals surface area contributed by atoms with Gasteiger partial charge in [-0.25, -0.2) is 4.79 Å². The van der Waals surface area contributed by atoms with Crippen molar-refractivity contribution in [1.82, 2.24) is 0 Å². The third-order valence-corrected chi connectivity index (χ3v) is 3.03. The predicted octanol–water partition coefficient (Wildman–Crippen LogP) is 4.34. The molecule has 2 aromatic carbocycles. The van der Waals surface area contributed by atoms with E-state index >= 15 is 0 Å². The Balaban J connectivity index is 2.05. The van der Waals surface area contributed by atoms with Gasteiger partial charge < -0.3 is 9.64 Å². The molecule has 0 unspecified atom stereocenters. The fraction of sp³-hybridized carbons (Fsp3) is 0.235. The second-order valence-corrected chi connectivity index (χ2v) is 4.88. The number of nitrogens with zero attached hydrogens (tertiary/aromatic N) is 3. The lowest BCUT2D eigenvalue weighted by Gasteiger charge is -2.11. The molecule has 0 aromatic heterocycles. The first-order valence-electron chi connectivity index (χ1n) is 7.06. The van der Waals surface area contributed by atoms with Crippen molar-refractivity contribution in [1.29, 1.82) is 0 Å². The molecule has 2 aromatic rings. The number of carbonyl (C=O) groups is 1. The van der Waals surface area contributed by atoms with Crippen molar-refractivity contribution in [3.63, 3.8) is 0 Å². The largest absolute Gasteiger partial charge is 0.462 e. The van der Waals surface area contributed by atoms with Gasteiger partial charge >= 0.3 is 5.97 Å². The van der Waals surface area contributed by atoms with Gasteiger partial charge in [-0.15, -0.1) is 0 Å². The number of azo groups is 1. The van der Waals surface area contributed by atoms with Crippen molar-refractivity contribution in [2.24, 2.45) is 10.2 Å². The van der Waals surface area contributed by atoms with E-state index in [1.807, 2.05) is 43.3 Å². The molecule has 0 fully saturated rings. The van der Waals surface area contributed by atoms with Crippen LogP contribution in [0.25, 0.3) is 0 Å². The summed E-state index contributed by atoms with van der Waals surface area (Å²) in [5, 5.41) is 8.33. The second-order valence-electron chi connectivity index (χ2n) is 4.88. The first-order valence-corrected chi connectivity index (χ1v) is 7.06. The van der Waals surface area contributed by atoms with Gasteiger partial charge in [-0.3, -0.25) is 0 Å². The molecule has 0 aliphatic rings. The normalized spacial score (nSPS) is 10.7. The summed E-state index contributed by atoms with van der Waals surface area (Å²) in [4.78, 5) is 13.6. The monoisotopic (exact) mass is 297 g/mol. The summed E-state index contributed by atoms with van der Waals surface area (Å²) in [6.45, 7) is 2.14. The minimum Gasteiger partial charge on any atom is -0.462 e. The molecule has 22 heavy (non-hydrogen) atoms. The number of esters is 1. The Labute approximate surface area is 130 Å². The number of anilines is 1. The number of benzene rings is 2. The fourth-order valence-corrected chi connectivity index (χ4v) is 1.81. The molecular formula is C17H19N3O2. The van der Waals surface area contributed by atoms with Gasteiger partial charge in [0.05, 0.1) is 23.5 Å². The summed E-state index contributed by atoms with van der Waals surface area (Å²) in [6, 6.07) is 14.6. The zero-order valence-corrected chi connectivity index (χ0v) is 13.0. The van der Waals surface area contributed by atoms with E-state index in [1.54, 1.807) is 31.2 Å². The zero-order chi connectivity index (χ0) is 15.9. The van der Waals surface area contributed by atoms with Crippen LogP contribution < -0.4 is 4.90 Å². The lowest BCUT2D eigenvalue weighted by Crippen LogP contribution is -2.07. The molecular weight excluding hydrogens is 278 g/mol. The highest BCUT2D eigenvalue weighted by Gasteiger charge is 2.05. The molecule has 0 spiro atoms. The molecule has 0 aliphatic carbocycles. The van der Waals surface area contributed by atoms with E-state index in [1.165, 1.54) is 0 Å². The van der Waals surface area contributed by atoms with E-state index in [4.69, 9.17) is 4.74 Å². The third-order valence-electron chi connectivity index (χ3n) is 3.03. The van der Waals surface area contributed by atoms with Gasteiger partial charge in [0, 0.05) is 19.8 Å². The smallest absolute Gasteiger partial charge is 0.338 e. The molecule has 0 atom stereocenters. The standard InChI is InChI=1S/C17H19N3O2/c1-4-22-17(21)13-5-7-14(8-6-13)18-19-15-9-11-16(12-10-15)20(2)3/h5-12H,4H2,1-3H3. The first kappa shape index (κ1) is 15.7. The van der Waals surface area contributed by atoms with Crippen LogP contribution in [-0.4, -0.2) is 26.7 Å². The van der Waals surface area contributed by atoms with Crippen molar-refractivity contribution in [2.75, 3.05) is 25.6 Å². The summed E-state index contributed by atoms with van der Waals surface area (Å²) < 4.78 is 4.93. The maximum atomic E-state index is 11.5. The predicted molar refractivity (Wildman–Crippen MR) is 87.3 cm³/mol. The second kappa shape index (κ2) is 7.36. The molecule has 114 valence electrons. The minimum absolute atomic E-state index is 0.328. The van der Waals surface area contributed by atoms with Gasteiger partial charge in [-0.05, 0) is 55.5 Å². The lowest BCUT2D eigenvalue weighted by atomic mass is 10.2. The summed E-state index contributed by atoms with van der Waals surface area (Å²) in [6.07, 6.45) is 0. The van der Waals surface area contributed by atoms with Crippen molar-refractivity contribution < 1.29 is 9.53 Å². The molecule has 0 N–H and O–H groups in total. The van der Waals surface area contributed by atoms with Crippen LogP contribution in [0.3, 0.4) is 0 Å². The quantitative estimate of drug-likeness (QED) is 0.609. The molecule has 5 heteroatoms. The molecule has 2 rings (SSSR count). The maximum absolute atomic E-state index is 11.5. The Morgan fingerprint density at radius 1 is 0.955 bits per heavy atom. The van der Waals surface area contributed by atoms with Crippen LogP contribution in [0, 0.1) is 0 Å². The van der Waals surface area contributed by atoms with Crippen LogP contribution in [0.15, 0.2) is 58.8 Å². The Bertz CT molecular complexity index is 647. The molecule has 0 amide bonds. The molecule has 0 bridgehead atoms. The van der Waals surface area contributed by atoms with E-state index in [-0.39, 0.29) is 5.97 Å². The summed E-state index contributed by atoms with van der Waals surface area (Å²) >= 11 is 0. The number of ether oxygens (including phenoxy) is 1. The van der Waals surface area contributed by atoms with Crippen molar-refractivity contribution >= 4 is 23.0 Å². The number of hydrogen-bond acceptors (Lipinski definition) is 5. The topological polar surface area (TPSA) is 54.3 Å². The van der Waals surface area contributed by atoms with Gasteiger partial charge in [-0.1, -0.05) is 0 Å². The molecule has 0 aliphatic heterocycles. The van der Waals surface area contributed by atoms with Crippen LogP contribution >= 0.6 is 0 Å². The first-order chi connectivity index (χ1) is 10.6. The van der Waals surface area contributed by atoms with E-state index in [9.17, 15) is 4.79 Å². The Kier molecular flexibility index (Phi) is 5.25. The van der Waals surface area contributed by atoms with Crippen molar-refractivity contribution in [3.05, 3.63) is 54.1 Å². The van der Waals surface area contributed by atoms with Crippen LogP contribution in [0.5, 0.6) is 0 Å². The zero-order valence-electron chi connectivity index (χ0n) is 13.0. The van der Waals surface area contributed by atoms with Crippen molar-refractivity contribution in [3.8, 4) is 0 Å². The highest BCUT2D eigenvalue weighted by atomic mass is 16.5. The van der Waals surface area contributed by atoms with E-state index < -0.39 is 0 Å². The van der Waals surface area contributed by atoms with Crippen LogP contribution in [0.2, 0.25) is 0 Å². The van der Waals surface area contributed by atoms with Crippen LogP contribution in [-0.2, 0) is 4.74 Å². The molecule has 0 heterocycles. The molecule has 0 radical (unpaired) electrons. The van der Waals surface area contributed by atoms with Gasteiger partial charge in [0.25, 0.3) is 0 Å². The summed E-state index contributed by atoms with van der Waals surface area (Å²) in [5.74, 6) is -0.328. The van der Waals surface area contributed by atoms with Crippen LogP contribution in [0.4, 0.5) is 17.1 Å². The number of rotatable bonds is 5. The fourth-order valence-electron chi connectivity index (χ4n) is 1.81. The highest BCUT2D eigenvalue weighted by molar-refractivity contribution is 5.89. The SMILES string of the molecule is CCOC(=O)c1ccc(N=Nc2ccc(N(C)C)cc2)cc1.